The Bertz CT molecular complexity index is 125. The molecule has 0 aliphatic rings. The summed E-state index contributed by atoms with van der Waals surface area (Å²) in [5.41, 5.74) is 0.963. The van der Waals surface area contributed by atoms with Crippen LogP contribution in [0.2, 0.25) is 0 Å². The second-order valence-electron chi connectivity index (χ2n) is 2.08. The lowest BCUT2D eigenvalue weighted by Crippen LogP contribution is -1.90. The van der Waals surface area contributed by atoms with Crippen LogP contribution in [-0.2, 0) is 9.53 Å². The van der Waals surface area contributed by atoms with E-state index in [-0.39, 0.29) is 5.78 Å². The molecule has 0 amide bonds. The standard InChI is InChI=1S/C7H12O2/c1-6(5-9-3)4-7(2)8/h5H,4H2,1-3H3/b6-5+. The molecule has 0 fully saturated rings. The highest BCUT2D eigenvalue weighted by atomic mass is 16.5. The number of Topliss-reactive ketones (excluding diaryl/α,β-unsaturated/α-hetero) is 1. The molecule has 0 aromatic carbocycles. The van der Waals surface area contributed by atoms with Crippen molar-refractivity contribution < 1.29 is 9.53 Å². The summed E-state index contributed by atoms with van der Waals surface area (Å²) in [5.74, 6) is 0.167. The summed E-state index contributed by atoms with van der Waals surface area (Å²) in [5, 5.41) is 0. The van der Waals surface area contributed by atoms with Crippen molar-refractivity contribution in [1.82, 2.24) is 0 Å². The molecule has 0 unspecified atom stereocenters. The van der Waals surface area contributed by atoms with E-state index in [0.717, 1.165) is 5.57 Å². The first kappa shape index (κ1) is 8.21. The molecule has 0 spiro atoms. The average molecular weight is 128 g/mol. The molecular weight excluding hydrogens is 116 g/mol. The monoisotopic (exact) mass is 128 g/mol. The van der Waals surface area contributed by atoms with Gasteiger partial charge < -0.3 is 4.74 Å². The first-order valence-electron chi connectivity index (χ1n) is 2.84. The minimum absolute atomic E-state index is 0.167. The Hall–Kier alpha value is -0.790. The van der Waals surface area contributed by atoms with Gasteiger partial charge in [0, 0.05) is 6.42 Å². The van der Waals surface area contributed by atoms with Crippen molar-refractivity contribution in [1.29, 1.82) is 0 Å². The van der Waals surface area contributed by atoms with Gasteiger partial charge in [0.1, 0.15) is 5.78 Å². The molecule has 2 nitrogen and oxygen atoms in total. The van der Waals surface area contributed by atoms with E-state index in [1.54, 1.807) is 20.3 Å². The van der Waals surface area contributed by atoms with Crippen LogP contribution in [0, 0.1) is 0 Å². The van der Waals surface area contributed by atoms with Crippen LogP contribution in [0.5, 0.6) is 0 Å². The number of hydrogen-bond donors (Lipinski definition) is 0. The van der Waals surface area contributed by atoms with Gasteiger partial charge in [0.25, 0.3) is 0 Å². The zero-order valence-electron chi connectivity index (χ0n) is 6.10. The molecule has 2 heteroatoms. The lowest BCUT2D eigenvalue weighted by atomic mass is 10.2. The number of ether oxygens (including phenoxy) is 1. The summed E-state index contributed by atoms with van der Waals surface area (Å²) >= 11 is 0. The van der Waals surface area contributed by atoms with Gasteiger partial charge in [0.05, 0.1) is 13.4 Å². The molecule has 0 heterocycles. The molecular formula is C7H12O2. The SMILES string of the molecule is CO/C=C(\C)CC(C)=O. The predicted octanol–water partition coefficient (Wildman–Crippen LogP) is 1.52. The van der Waals surface area contributed by atoms with E-state index in [1.807, 2.05) is 6.92 Å². The minimum Gasteiger partial charge on any atom is -0.504 e. The lowest BCUT2D eigenvalue weighted by Gasteiger charge is -1.94. The molecule has 0 radical (unpaired) electrons. The number of hydrogen-bond acceptors (Lipinski definition) is 2. The maximum atomic E-state index is 10.4. The molecule has 0 N–H and O–H groups in total. The topological polar surface area (TPSA) is 26.3 Å². The molecule has 0 aliphatic carbocycles. The van der Waals surface area contributed by atoms with Gasteiger partial charge in [-0.15, -0.1) is 0 Å². The number of carbonyl (C=O) groups excluding carboxylic acids is 1. The number of ketones is 1. The van der Waals surface area contributed by atoms with E-state index in [9.17, 15) is 4.79 Å². The quantitative estimate of drug-likeness (QED) is 0.538. The number of rotatable bonds is 3. The third kappa shape index (κ3) is 5.07. The molecule has 52 valence electrons. The van der Waals surface area contributed by atoms with Crippen molar-refractivity contribution >= 4 is 5.78 Å². The smallest absolute Gasteiger partial charge is 0.133 e. The summed E-state index contributed by atoms with van der Waals surface area (Å²) in [7, 11) is 1.57. The van der Waals surface area contributed by atoms with Crippen LogP contribution < -0.4 is 0 Å². The van der Waals surface area contributed by atoms with Gasteiger partial charge in [-0.25, -0.2) is 0 Å². The zero-order valence-corrected chi connectivity index (χ0v) is 6.10. The Labute approximate surface area is 55.5 Å². The first-order valence-corrected chi connectivity index (χ1v) is 2.84. The third-order valence-electron chi connectivity index (χ3n) is 0.847. The maximum Gasteiger partial charge on any atom is 0.133 e. The molecule has 0 saturated heterocycles. The molecule has 0 aromatic heterocycles. The number of allylic oxidation sites excluding steroid dienone is 1. The van der Waals surface area contributed by atoms with E-state index >= 15 is 0 Å². The normalized spacial score (nSPS) is 11.2. The largest absolute Gasteiger partial charge is 0.504 e. The summed E-state index contributed by atoms with van der Waals surface area (Å²) in [6.45, 7) is 3.43. The van der Waals surface area contributed by atoms with Gasteiger partial charge in [0.15, 0.2) is 0 Å². The van der Waals surface area contributed by atoms with Crippen molar-refractivity contribution in [2.75, 3.05) is 7.11 Å². The second-order valence-corrected chi connectivity index (χ2v) is 2.08. The summed E-state index contributed by atoms with van der Waals surface area (Å²) in [6.07, 6.45) is 2.08. The van der Waals surface area contributed by atoms with E-state index in [2.05, 4.69) is 0 Å². The average Bonchev–Trinajstić information content (AvgIpc) is 1.63. The summed E-state index contributed by atoms with van der Waals surface area (Å²) < 4.78 is 4.69. The third-order valence-corrected chi connectivity index (χ3v) is 0.847. The minimum atomic E-state index is 0.167. The first-order chi connectivity index (χ1) is 4.16. The van der Waals surface area contributed by atoms with Crippen molar-refractivity contribution in [3.05, 3.63) is 11.8 Å². The van der Waals surface area contributed by atoms with E-state index in [4.69, 9.17) is 4.74 Å². The Morgan fingerprint density at radius 3 is 2.44 bits per heavy atom. The van der Waals surface area contributed by atoms with Gasteiger partial charge in [-0.2, -0.15) is 0 Å². The fourth-order valence-electron chi connectivity index (χ4n) is 0.636. The zero-order chi connectivity index (χ0) is 7.28. The van der Waals surface area contributed by atoms with Crippen LogP contribution >= 0.6 is 0 Å². The predicted molar refractivity (Wildman–Crippen MR) is 36.1 cm³/mol. The molecule has 0 bridgehead atoms. The van der Waals surface area contributed by atoms with Crippen molar-refractivity contribution in [2.45, 2.75) is 20.3 Å². The Morgan fingerprint density at radius 1 is 1.56 bits per heavy atom. The molecule has 0 saturated carbocycles. The van der Waals surface area contributed by atoms with Crippen LogP contribution in [0.4, 0.5) is 0 Å². The second kappa shape index (κ2) is 4.13. The highest BCUT2D eigenvalue weighted by molar-refractivity contribution is 5.77. The fraction of sp³-hybridized carbons (Fsp3) is 0.571. The maximum absolute atomic E-state index is 10.4. The van der Waals surface area contributed by atoms with Crippen LogP contribution in [0.25, 0.3) is 0 Å². The van der Waals surface area contributed by atoms with Crippen LogP contribution in [0.1, 0.15) is 20.3 Å². The van der Waals surface area contributed by atoms with E-state index < -0.39 is 0 Å². The molecule has 0 aromatic rings. The Balaban J connectivity index is 3.62. The van der Waals surface area contributed by atoms with Crippen molar-refractivity contribution in [2.24, 2.45) is 0 Å². The highest BCUT2D eigenvalue weighted by Gasteiger charge is 1.93. The van der Waals surface area contributed by atoms with Crippen LogP contribution in [-0.4, -0.2) is 12.9 Å². The van der Waals surface area contributed by atoms with Gasteiger partial charge in [0.2, 0.25) is 0 Å². The number of methoxy groups -OCH3 is 1. The lowest BCUT2D eigenvalue weighted by molar-refractivity contribution is -0.116. The highest BCUT2D eigenvalue weighted by Crippen LogP contribution is 1.98. The Morgan fingerprint density at radius 2 is 2.11 bits per heavy atom. The van der Waals surface area contributed by atoms with Crippen LogP contribution in [0.3, 0.4) is 0 Å². The van der Waals surface area contributed by atoms with E-state index in [0.29, 0.717) is 6.42 Å². The van der Waals surface area contributed by atoms with Gasteiger partial charge >= 0.3 is 0 Å². The van der Waals surface area contributed by atoms with Crippen molar-refractivity contribution in [3.63, 3.8) is 0 Å². The van der Waals surface area contributed by atoms with Gasteiger partial charge in [-0.05, 0) is 19.4 Å². The van der Waals surface area contributed by atoms with Gasteiger partial charge in [-0.1, -0.05) is 0 Å². The Kier molecular flexibility index (Phi) is 3.76. The molecule has 0 aliphatic heterocycles. The van der Waals surface area contributed by atoms with Crippen LogP contribution in [0.15, 0.2) is 11.8 Å². The molecule has 0 atom stereocenters. The van der Waals surface area contributed by atoms with E-state index in [1.165, 1.54) is 0 Å². The molecule has 0 rings (SSSR count). The van der Waals surface area contributed by atoms with Gasteiger partial charge in [-0.3, -0.25) is 4.79 Å². The summed E-state index contributed by atoms with van der Waals surface area (Å²) in [4.78, 5) is 10.4. The summed E-state index contributed by atoms with van der Waals surface area (Å²) in [6, 6.07) is 0. The number of carbonyl (C=O) groups is 1. The fourth-order valence-corrected chi connectivity index (χ4v) is 0.636. The molecule has 9 heavy (non-hydrogen) atoms. The van der Waals surface area contributed by atoms with Crippen molar-refractivity contribution in [3.8, 4) is 0 Å².